The second kappa shape index (κ2) is 7.03. The molecule has 0 spiro atoms. The van der Waals surface area contributed by atoms with Crippen LogP contribution in [0.3, 0.4) is 0 Å². The van der Waals surface area contributed by atoms with Gasteiger partial charge in [0, 0.05) is 31.2 Å². The molecule has 1 saturated heterocycles. The number of halogens is 1. The Labute approximate surface area is 136 Å². The molecule has 0 bridgehead atoms. The molecule has 5 nitrogen and oxygen atoms in total. The van der Waals surface area contributed by atoms with Crippen LogP contribution < -0.4 is 14.8 Å². The normalized spacial score (nSPS) is 20.2. The average Bonchev–Trinajstić information content (AvgIpc) is 2.53. The van der Waals surface area contributed by atoms with Crippen LogP contribution in [0, 0.1) is 0 Å². The lowest BCUT2D eigenvalue weighted by molar-refractivity contribution is -0.130. The highest BCUT2D eigenvalue weighted by atomic mass is 35.5. The minimum Gasteiger partial charge on any atom is -0.493 e. The molecule has 0 aromatic heterocycles. The molecule has 0 aliphatic carbocycles. The van der Waals surface area contributed by atoms with E-state index in [4.69, 9.17) is 9.47 Å². The van der Waals surface area contributed by atoms with E-state index >= 15 is 0 Å². The second-order valence-electron chi connectivity index (χ2n) is 5.39. The third-order valence-corrected chi connectivity index (χ3v) is 3.97. The van der Waals surface area contributed by atoms with Gasteiger partial charge in [0.15, 0.2) is 11.5 Å². The van der Waals surface area contributed by atoms with Gasteiger partial charge in [0.2, 0.25) is 0 Å². The highest BCUT2D eigenvalue weighted by molar-refractivity contribution is 5.99. The van der Waals surface area contributed by atoms with Crippen LogP contribution in [0.15, 0.2) is 23.8 Å². The van der Waals surface area contributed by atoms with Crippen molar-refractivity contribution >= 4 is 24.4 Å². The first-order valence-electron chi connectivity index (χ1n) is 7.22. The van der Waals surface area contributed by atoms with E-state index in [1.807, 2.05) is 29.2 Å². The first-order valence-corrected chi connectivity index (χ1v) is 7.22. The van der Waals surface area contributed by atoms with E-state index in [0.29, 0.717) is 23.7 Å². The summed E-state index contributed by atoms with van der Waals surface area (Å²) in [5.74, 6) is 1.48. The number of carbonyl (C=O) groups excluding carboxylic acids is 1. The molecule has 22 heavy (non-hydrogen) atoms. The van der Waals surface area contributed by atoms with E-state index in [1.54, 1.807) is 7.11 Å². The van der Waals surface area contributed by atoms with Crippen LogP contribution in [0.1, 0.15) is 12.5 Å². The average molecular weight is 325 g/mol. The Morgan fingerprint density at radius 2 is 2.27 bits per heavy atom. The Balaban J connectivity index is 0.00000176. The first kappa shape index (κ1) is 16.6. The van der Waals surface area contributed by atoms with Gasteiger partial charge in [-0.05, 0) is 19.1 Å². The highest BCUT2D eigenvalue weighted by Gasteiger charge is 2.28. The molecule has 3 rings (SSSR count). The zero-order valence-electron chi connectivity index (χ0n) is 12.8. The number of ether oxygens (including phenoxy) is 2. The molecule has 2 aliphatic heterocycles. The molecule has 1 amide bonds. The third kappa shape index (κ3) is 3.05. The van der Waals surface area contributed by atoms with Gasteiger partial charge in [-0.25, -0.2) is 0 Å². The van der Waals surface area contributed by atoms with Crippen molar-refractivity contribution in [3.05, 3.63) is 29.3 Å². The van der Waals surface area contributed by atoms with Gasteiger partial charge in [-0.3, -0.25) is 4.79 Å². The van der Waals surface area contributed by atoms with Gasteiger partial charge >= 0.3 is 0 Å². The zero-order valence-corrected chi connectivity index (χ0v) is 13.6. The van der Waals surface area contributed by atoms with Gasteiger partial charge < -0.3 is 19.7 Å². The van der Waals surface area contributed by atoms with Gasteiger partial charge in [-0.2, -0.15) is 0 Å². The van der Waals surface area contributed by atoms with Gasteiger partial charge in [0.1, 0.15) is 6.61 Å². The predicted molar refractivity (Wildman–Crippen MR) is 87.8 cm³/mol. The Morgan fingerprint density at radius 3 is 3.00 bits per heavy atom. The van der Waals surface area contributed by atoms with Crippen molar-refractivity contribution in [2.24, 2.45) is 0 Å². The Kier molecular flexibility index (Phi) is 5.32. The smallest absolute Gasteiger partial charge is 0.253 e. The summed E-state index contributed by atoms with van der Waals surface area (Å²) in [4.78, 5) is 14.6. The summed E-state index contributed by atoms with van der Waals surface area (Å²) >= 11 is 0. The van der Waals surface area contributed by atoms with E-state index in [9.17, 15) is 4.79 Å². The topological polar surface area (TPSA) is 50.8 Å². The molecule has 0 radical (unpaired) electrons. The minimum absolute atomic E-state index is 0. The van der Waals surface area contributed by atoms with E-state index in [-0.39, 0.29) is 24.4 Å². The number of amides is 1. The molecule has 1 fully saturated rings. The maximum Gasteiger partial charge on any atom is 0.253 e. The number of piperazine rings is 1. The van der Waals surface area contributed by atoms with Gasteiger partial charge in [0.05, 0.1) is 12.7 Å². The number of methoxy groups -OCH3 is 1. The van der Waals surface area contributed by atoms with Crippen LogP contribution in [0.2, 0.25) is 0 Å². The van der Waals surface area contributed by atoms with Crippen LogP contribution in [0.4, 0.5) is 0 Å². The van der Waals surface area contributed by atoms with E-state index in [1.165, 1.54) is 0 Å². The number of hydrogen-bond donors (Lipinski definition) is 1. The monoisotopic (exact) mass is 324 g/mol. The van der Waals surface area contributed by atoms with E-state index in [2.05, 4.69) is 12.2 Å². The lowest BCUT2D eigenvalue weighted by Crippen LogP contribution is -2.53. The quantitative estimate of drug-likeness (QED) is 0.900. The number of rotatable bonds is 2. The first-order chi connectivity index (χ1) is 10.2. The van der Waals surface area contributed by atoms with Crippen LogP contribution >= 0.6 is 12.4 Å². The van der Waals surface area contributed by atoms with Crippen molar-refractivity contribution in [1.82, 2.24) is 10.2 Å². The van der Waals surface area contributed by atoms with Gasteiger partial charge in [0.25, 0.3) is 5.91 Å². The molecule has 6 heteroatoms. The summed E-state index contributed by atoms with van der Waals surface area (Å²) in [7, 11) is 1.62. The van der Waals surface area contributed by atoms with Crippen molar-refractivity contribution in [2.45, 2.75) is 13.0 Å². The lowest BCUT2D eigenvalue weighted by Gasteiger charge is -2.35. The standard InChI is InChI=1S/C16H20N2O3.ClH/c1-11-9-17-6-7-18(11)16(19)13-8-12-4-3-5-14(20-2)15(12)21-10-13;/h3-5,8,11,17H,6-7,9-10H2,1-2H3;1H/t11-;/m1./s1. The summed E-state index contributed by atoms with van der Waals surface area (Å²) < 4.78 is 11.0. The number of benzene rings is 1. The molecular weight excluding hydrogens is 304 g/mol. The van der Waals surface area contributed by atoms with Crippen molar-refractivity contribution in [3.8, 4) is 11.5 Å². The summed E-state index contributed by atoms with van der Waals surface area (Å²) in [6.07, 6.45) is 1.92. The molecule has 1 atom stereocenters. The summed E-state index contributed by atoms with van der Waals surface area (Å²) in [5.41, 5.74) is 1.59. The van der Waals surface area contributed by atoms with Gasteiger partial charge in [-0.15, -0.1) is 12.4 Å². The summed E-state index contributed by atoms with van der Waals surface area (Å²) in [6.45, 7) is 4.77. The van der Waals surface area contributed by atoms with E-state index in [0.717, 1.165) is 25.2 Å². The van der Waals surface area contributed by atoms with E-state index < -0.39 is 0 Å². The Hall–Kier alpha value is -1.72. The van der Waals surface area contributed by atoms with Crippen LogP contribution in [0.25, 0.3) is 6.08 Å². The van der Waals surface area contributed by atoms with Crippen LogP contribution in [-0.4, -0.2) is 50.2 Å². The van der Waals surface area contributed by atoms with Crippen molar-refractivity contribution < 1.29 is 14.3 Å². The van der Waals surface area contributed by atoms with Crippen molar-refractivity contribution in [3.63, 3.8) is 0 Å². The van der Waals surface area contributed by atoms with Crippen molar-refractivity contribution in [2.75, 3.05) is 33.4 Å². The fraction of sp³-hybridized carbons (Fsp3) is 0.438. The number of para-hydroxylation sites is 1. The maximum atomic E-state index is 12.6. The number of carbonyl (C=O) groups is 1. The van der Waals surface area contributed by atoms with Crippen molar-refractivity contribution in [1.29, 1.82) is 0 Å². The molecule has 1 aromatic rings. The molecule has 1 aromatic carbocycles. The number of nitrogens with one attached hydrogen (secondary N) is 1. The van der Waals surface area contributed by atoms with Crippen LogP contribution in [0.5, 0.6) is 11.5 Å². The molecule has 0 unspecified atom stereocenters. The summed E-state index contributed by atoms with van der Waals surface area (Å²) in [5, 5.41) is 3.29. The molecule has 2 heterocycles. The lowest BCUT2D eigenvalue weighted by atomic mass is 10.0. The number of fused-ring (bicyclic) bond motifs is 1. The highest BCUT2D eigenvalue weighted by Crippen LogP contribution is 2.35. The largest absolute Gasteiger partial charge is 0.493 e. The molecular formula is C16H21ClN2O3. The fourth-order valence-corrected chi connectivity index (χ4v) is 2.79. The SMILES string of the molecule is COc1cccc2c1OCC(C(=O)N1CCNC[C@H]1C)=C2.Cl. The molecule has 120 valence electrons. The molecule has 0 saturated carbocycles. The Morgan fingerprint density at radius 1 is 1.45 bits per heavy atom. The molecule has 1 N–H and O–H groups in total. The summed E-state index contributed by atoms with van der Waals surface area (Å²) in [6, 6.07) is 5.90. The second-order valence-corrected chi connectivity index (χ2v) is 5.39. The molecule has 2 aliphatic rings. The minimum atomic E-state index is 0. The number of nitrogens with zero attached hydrogens (tertiary/aromatic N) is 1. The van der Waals surface area contributed by atoms with Gasteiger partial charge in [-0.1, -0.05) is 12.1 Å². The zero-order chi connectivity index (χ0) is 14.8. The maximum absolute atomic E-state index is 12.6. The Bertz CT molecular complexity index is 589. The van der Waals surface area contributed by atoms with Crippen LogP contribution in [-0.2, 0) is 4.79 Å². The third-order valence-electron chi connectivity index (χ3n) is 3.97. The predicted octanol–water partition coefficient (Wildman–Crippen LogP) is 1.71. The fourth-order valence-electron chi connectivity index (χ4n) is 2.79. The number of hydrogen-bond acceptors (Lipinski definition) is 4.